The Labute approximate surface area is 240 Å². The number of hydrogen-bond acceptors (Lipinski definition) is 6. The molecule has 0 radical (unpaired) electrons. The Hall–Kier alpha value is -4.15. The average molecular weight is 577 g/mol. The summed E-state index contributed by atoms with van der Waals surface area (Å²) >= 11 is 6.31. The first kappa shape index (κ1) is 27.0. The second kappa shape index (κ2) is 10.4. The molecule has 0 unspecified atom stereocenters. The molecule has 2 aromatic carbocycles. The summed E-state index contributed by atoms with van der Waals surface area (Å²) in [7, 11) is 5.48. The van der Waals surface area contributed by atoms with Crippen LogP contribution in [-0.4, -0.2) is 84.9 Å². The van der Waals surface area contributed by atoms with Crippen molar-refractivity contribution in [2.75, 3.05) is 57.1 Å². The van der Waals surface area contributed by atoms with Crippen LogP contribution in [0.4, 0.5) is 20.2 Å². The van der Waals surface area contributed by atoms with Crippen LogP contribution in [-0.2, 0) is 9.59 Å². The van der Waals surface area contributed by atoms with Gasteiger partial charge in [0, 0.05) is 55.3 Å². The number of amides is 2. The molecule has 2 aliphatic rings. The van der Waals surface area contributed by atoms with Crippen molar-refractivity contribution < 1.29 is 18.4 Å². The maximum atomic E-state index is 16.2. The smallest absolute Gasteiger partial charge is 0.251 e. The van der Waals surface area contributed by atoms with E-state index in [-0.39, 0.29) is 34.6 Å². The van der Waals surface area contributed by atoms with Gasteiger partial charge in [-0.05, 0) is 25.5 Å². The number of likely N-dealkylation sites (N-methyl/N-ethyl adjacent to an activating group) is 2. The SMILES string of the molecule is CN(C)CC=CC(=O)N1CCN2c3c(cnc4c(F)c(-c5cccc6ccc(F)c(Cl)c56)ncc34)N(C)C(=O)[C@@H]2C1. The molecule has 6 rings (SSSR count). The van der Waals surface area contributed by atoms with Crippen LogP contribution in [0.3, 0.4) is 0 Å². The Balaban J connectivity index is 1.42. The highest BCUT2D eigenvalue weighted by atomic mass is 35.5. The lowest BCUT2D eigenvalue weighted by Crippen LogP contribution is -2.62. The fourth-order valence-electron chi connectivity index (χ4n) is 5.62. The molecule has 2 aliphatic heterocycles. The van der Waals surface area contributed by atoms with Crippen LogP contribution >= 0.6 is 11.6 Å². The van der Waals surface area contributed by atoms with E-state index in [1.54, 1.807) is 42.3 Å². The maximum absolute atomic E-state index is 16.2. The number of aromatic nitrogens is 2. The molecule has 0 saturated carbocycles. The van der Waals surface area contributed by atoms with Crippen molar-refractivity contribution in [2.45, 2.75) is 6.04 Å². The number of rotatable bonds is 4. The molecule has 2 aromatic heterocycles. The van der Waals surface area contributed by atoms with E-state index in [1.807, 2.05) is 23.9 Å². The molecule has 1 fully saturated rings. The molecule has 8 nitrogen and oxygen atoms in total. The van der Waals surface area contributed by atoms with E-state index in [0.717, 1.165) is 0 Å². The number of halogens is 3. The van der Waals surface area contributed by atoms with Crippen molar-refractivity contribution in [2.24, 2.45) is 0 Å². The predicted octanol–water partition coefficient (Wildman–Crippen LogP) is 4.49. The summed E-state index contributed by atoms with van der Waals surface area (Å²) in [5, 5.41) is 1.35. The van der Waals surface area contributed by atoms with Gasteiger partial charge in [-0.1, -0.05) is 41.9 Å². The zero-order valence-electron chi connectivity index (χ0n) is 22.7. The van der Waals surface area contributed by atoms with E-state index in [2.05, 4.69) is 9.97 Å². The Bertz CT molecular complexity index is 1760. The summed E-state index contributed by atoms with van der Waals surface area (Å²) < 4.78 is 30.6. The highest BCUT2D eigenvalue weighted by Gasteiger charge is 2.42. The maximum Gasteiger partial charge on any atom is 0.251 e. The Kier molecular flexibility index (Phi) is 6.83. The number of carbonyl (C=O) groups is 2. The summed E-state index contributed by atoms with van der Waals surface area (Å²) in [6.07, 6.45) is 6.34. The highest BCUT2D eigenvalue weighted by molar-refractivity contribution is 6.36. The van der Waals surface area contributed by atoms with Crippen LogP contribution in [0.2, 0.25) is 5.02 Å². The van der Waals surface area contributed by atoms with E-state index in [9.17, 15) is 14.0 Å². The monoisotopic (exact) mass is 576 g/mol. The highest BCUT2D eigenvalue weighted by Crippen LogP contribution is 2.43. The number of benzene rings is 2. The summed E-state index contributed by atoms with van der Waals surface area (Å²) in [4.78, 5) is 42.1. The number of nitrogens with zero attached hydrogens (tertiary/aromatic N) is 6. The van der Waals surface area contributed by atoms with Gasteiger partial charge in [0.15, 0.2) is 5.82 Å². The third-order valence-corrected chi connectivity index (χ3v) is 8.05. The minimum Gasteiger partial charge on any atom is -0.354 e. The minimum atomic E-state index is -0.672. The van der Waals surface area contributed by atoms with Crippen LogP contribution in [0.5, 0.6) is 0 Å². The first-order valence-corrected chi connectivity index (χ1v) is 13.5. The average Bonchev–Trinajstić information content (AvgIpc) is 2.97. The molecule has 1 atom stereocenters. The van der Waals surface area contributed by atoms with Gasteiger partial charge in [0.2, 0.25) is 5.91 Å². The first-order valence-electron chi connectivity index (χ1n) is 13.2. The van der Waals surface area contributed by atoms with Crippen LogP contribution in [0.25, 0.3) is 32.9 Å². The minimum absolute atomic E-state index is 0.000215. The van der Waals surface area contributed by atoms with Crippen molar-refractivity contribution in [1.82, 2.24) is 19.8 Å². The molecular formula is C30H27ClF2N6O2. The first-order chi connectivity index (χ1) is 19.7. The second-order valence-corrected chi connectivity index (χ2v) is 10.9. The Morgan fingerprint density at radius 3 is 2.73 bits per heavy atom. The van der Waals surface area contributed by atoms with Gasteiger partial charge in [-0.2, -0.15) is 0 Å². The normalized spacial score (nSPS) is 17.2. The lowest BCUT2D eigenvalue weighted by atomic mass is 9.99. The van der Waals surface area contributed by atoms with Gasteiger partial charge in [-0.3, -0.25) is 19.6 Å². The Morgan fingerprint density at radius 1 is 1.15 bits per heavy atom. The molecule has 210 valence electrons. The van der Waals surface area contributed by atoms with E-state index >= 15 is 4.39 Å². The van der Waals surface area contributed by atoms with Gasteiger partial charge in [-0.25, -0.2) is 8.78 Å². The molecule has 11 heteroatoms. The fraction of sp³-hybridized carbons (Fsp3) is 0.267. The number of pyridine rings is 2. The number of anilines is 2. The molecule has 0 spiro atoms. The molecule has 41 heavy (non-hydrogen) atoms. The van der Waals surface area contributed by atoms with Gasteiger partial charge < -0.3 is 19.6 Å². The summed E-state index contributed by atoms with van der Waals surface area (Å²) in [6.45, 7) is 1.61. The molecular weight excluding hydrogens is 550 g/mol. The lowest BCUT2D eigenvalue weighted by Gasteiger charge is -2.47. The summed E-state index contributed by atoms with van der Waals surface area (Å²) in [5.74, 6) is -1.61. The van der Waals surface area contributed by atoms with Crippen LogP contribution in [0.1, 0.15) is 0 Å². The summed E-state index contributed by atoms with van der Waals surface area (Å²) in [5.41, 5.74) is 1.60. The van der Waals surface area contributed by atoms with Crippen molar-refractivity contribution in [3.05, 3.63) is 71.5 Å². The molecule has 4 heterocycles. The van der Waals surface area contributed by atoms with Crippen molar-refractivity contribution in [1.29, 1.82) is 0 Å². The van der Waals surface area contributed by atoms with Crippen molar-refractivity contribution in [3.8, 4) is 11.3 Å². The predicted molar refractivity (Wildman–Crippen MR) is 156 cm³/mol. The number of hydrogen-bond donors (Lipinski definition) is 0. The molecule has 0 bridgehead atoms. The second-order valence-electron chi connectivity index (χ2n) is 10.5. The molecule has 1 saturated heterocycles. The number of fused-ring (bicyclic) bond motifs is 6. The quantitative estimate of drug-likeness (QED) is 0.333. The third-order valence-electron chi connectivity index (χ3n) is 7.68. The van der Waals surface area contributed by atoms with Crippen LogP contribution in [0, 0.1) is 11.6 Å². The van der Waals surface area contributed by atoms with Crippen molar-refractivity contribution >= 4 is 56.5 Å². The van der Waals surface area contributed by atoms with Crippen LogP contribution < -0.4 is 9.80 Å². The van der Waals surface area contributed by atoms with Crippen molar-refractivity contribution in [3.63, 3.8) is 0 Å². The van der Waals surface area contributed by atoms with E-state index in [0.29, 0.717) is 52.7 Å². The standard InChI is InChI=1S/C30H27ClF2N6O2/c1-36(2)11-5-8-23(40)38-12-13-39-22(16-38)30(41)37(3)21-15-35-28-19(29(21)39)14-34-27(26(28)33)18-7-4-6-17-9-10-20(32)25(31)24(17)18/h4-10,14-15,22H,11-13,16H2,1-3H3/t22-/m0/s1. The lowest BCUT2D eigenvalue weighted by molar-refractivity contribution is -0.128. The van der Waals surface area contributed by atoms with Gasteiger partial charge in [0.1, 0.15) is 23.1 Å². The molecule has 2 amide bonds. The largest absolute Gasteiger partial charge is 0.354 e. The van der Waals surface area contributed by atoms with Gasteiger partial charge in [0.05, 0.1) is 29.1 Å². The van der Waals surface area contributed by atoms with Gasteiger partial charge in [-0.15, -0.1) is 0 Å². The molecule has 0 N–H and O–H groups in total. The third kappa shape index (κ3) is 4.47. The fourth-order valence-corrected chi connectivity index (χ4v) is 5.89. The van der Waals surface area contributed by atoms with Gasteiger partial charge >= 0.3 is 0 Å². The topological polar surface area (TPSA) is 72.9 Å². The Morgan fingerprint density at radius 2 is 1.95 bits per heavy atom. The molecule has 0 aliphatic carbocycles. The van der Waals surface area contributed by atoms with E-state index < -0.39 is 17.7 Å². The summed E-state index contributed by atoms with van der Waals surface area (Å²) in [6, 6.07) is 7.37. The van der Waals surface area contributed by atoms with E-state index in [4.69, 9.17) is 11.6 Å². The van der Waals surface area contributed by atoms with E-state index in [1.165, 1.54) is 29.4 Å². The zero-order valence-corrected chi connectivity index (χ0v) is 23.5. The molecule has 4 aromatic rings. The number of carbonyl (C=O) groups excluding carboxylic acids is 2. The zero-order chi connectivity index (χ0) is 29.0. The number of piperazine rings is 1. The van der Waals surface area contributed by atoms with Gasteiger partial charge in [0.25, 0.3) is 5.91 Å². The van der Waals surface area contributed by atoms with Crippen LogP contribution in [0.15, 0.2) is 54.9 Å².